The van der Waals surface area contributed by atoms with Gasteiger partial charge >= 0.3 is 0 Å². The predicted octanol–water partition coefficient (Wildman–Crippen LogP) is 14.9. The van der Waals surface area contributed by atoms with Gasteiger partial charge < -0.3 is 10.2 Å². The topological polar surface area (TPSA) is 32.3 Å². The van der Waals surface area contributed by atoms with E-state index in [-0.39, 0.29) is 5.91 Å². The number of hydrogen-bond donors (Lipinski definition) is 1. The molecule has 306 valence electrons. The number of nitrogens with zero attached hydrogens (tertiary/aromatic N) is 1. The summed E-state index contributed by atoms with van der Waals surface area (Å²) in [5, 5.41) is 3.51. The predicted molar refractivity (Wildman–Crippen MR) is 231 cm³/mol. The molecule has 0 rings (SSSR count). The van der Waals surface area contributed by atoms with Crippen LogP contribution in [0.3, 0.4) is 0 Å². The van der Waals surface area contributed by atoms with Crippen molar-refractivity contribution in [2.75, 3.05) is 20.6 Å². The normalized spacial score (nSPS) is 16.4. The van der Waals surface area contributed by atoms with Crippen LogP contribution in [0.25, 0.3) is 0 Å². The SMILES string of the molecule is CC(C)CCCC(C)CCCC(C)CCCC(C)CCC(CCC(C)CCCC(C)CCCC(C)CCCC(C)C)NC(=O)CCCCN(C)C. The van der Waals surface area contributed by atoms with Gasteiger partial charge in [0.15, 0.2) is 0 Å². The highest BCUT2D eigenvalue weighted by atomic mass is 16.1. The Morgan fingerprint density at radius 1 is 0.392 bits per heavy atom. The molecule has 0 fully saturated rings. The Hall–Kier alpha value is -0.570. The van der Waals surface area contributed by atoms with Crippen LogP contribution in [-0.2, 0) is 4.79 Å². The molecule has 51 heavy (non-hydrogen) atoms. The van der Waals surface area contributed by atoms with Crippen LogP contribution in [0.5, 0.6) is 0 Å². The van der Waals surface area contributed by atoms with Gasteiger partial charge in [-0.3, -0.25) is 4.79 Å². The summed E-state index contributed by atoms with van der Waals surface area (Å²) in [5.74, 6) is 6.99. The van der Waals surface area contributed by atoms with E-state index in [1.807, 2.05) is 0 Å². The fourth-order valence-corrected chi connectivity index (χ4v) is 8.15. The Morgan fingerprint density at radius 2 is 0.686 bits per heavy atom. The minimum Gasteiger partial charge on any atom is -0.353 e. The summed E-state index contributed by atoms with van der Waals surface area (Å²) < 4.78 is 0. The van der Waals surface area contributed by atoms with Gasteiger partial charge in [0.05, 0.1) is 0 Å². The zero-order chi connectivity index (χ0) is 38.4. The van der Waals surface area contributed by atoms with Crippen molar-refractivity contribution in [1.29, 1.82) is 0 Å². The van der Waals surface area contributed by atoms with Crippen molar-refractivity contribution in [2.24, 2.45) is 47.3 Å². The molecule has 0 bridgehead atoms. The van der Waals surface area contributed by atoms with E-state index >= 15 is 0 Å². The third-order valence-corrected chi connectivity index (χ3v) is 12.2. The molecule has 0 aromatic carbocycles. The maximum absolute atomic E-state index is 13.0. The average Bonchev–Trinajstić information content (AvgIpc) is 3.04. The highest BCUT2D eigenvalue weighted by molar-refractivity contribution is 5.76. The van der Waals surface area contributed by atoms with Gasteiger partial charge in [-0.1, -0.05) is 185 Å². The lowest BCUT2D eigenvalue weighted by Gasteiger charge is -2.23. The molecule has 3 nitrogen and oxygen atoms in total. The monoisotopic (exact) mass is 719 g/mol. The number of carbonyl (C=O) groups excluding carboxylic acids is 1. The lowest BCUT2D eigenvalue weighted by atomic mass is 9.88. The van der Waals surface area contributed by atoms with Crippen molar-refractivity contribution in [3.05, 3.63) is 0 Å². The number of amides is 1. The van der Waals surface area contributed by atoms with Crippen molar-refractivity contribution >= 4 is 5.91 Å². The van der Waals surface area contributed by atoms with Crippen LogP contribution in [0.1, 0.15) is 230 Å². The number of unbranched alkanes of at least 4 members (excludes halogenated alkanes) is 1. The highest BCUT2D eigenvalue weighted by Crippen LogP contribution is 2.26. The fourth-order valence-electron chi connectivity index (χ4n) is 8.15. The molecule has 0 aliphatic heterocycles. The van der Waals surface area contributed by atoms with E-state index in [1.54, 1.807) is 0 Å². The van der Waals surface area contributed by atoms with E-state index < -0.39 is 0 Å². The lowest BCUT2D eigenvalue weighted by Crippen LogP contribution is -2.35. The first-order chi connectivity index (χ1) is 24.2. The lowest BCUT2D eigenvalue weighted by molar-refractivity contribution is -0.122. The van der Waals surface area contributed by atoms with Gasteiger partial charge in [-0.05, 0) is 107 Å². The zero-order valence-electron chi connectivity index (χ0n) is 37.4. The van der Waals surface area contributed by atoms with Crippen molar-refractivity contribution in [3.8, 4) is 0 Å². The van der Waals surface area contributed by atoms with E-state index in [2.05, 4.69) is 93.5 Å². The van der Waals surface area contributed by atoms with E-state index in [1.165, 1.54) is 128 Å². The van der Waals surface area contributed by atoms with Crippen molar-refractivity contribution in [1.82, 2.24) is 10.2 Å². The molecule has 0 saturated heterocycles. The molecule has 0 spiro atoms. The maximum Gasteiger partial charge on any atom is 0.220 e. The zero-order valence-corrected chi connectivity index (χ0v) is 37.4. The molecule has 0 aliphatic carbocycles. The van der Waals surface area contributed by atoms with Crippen LogP contribution in [0.4, 0.5) is 0 Å². The van der Waals surface area contributed by atoms with Crippen LogP contribution in [0.15, 0.2) is 0 Å². The highest BCUT2D eigenvalue weighted by Gasteiger charge is 2.17. The smallest absolute Gasteiger partial charge is 0.220 e. The van der Waals surface area contributed by atoms with E-state index in [9.17, 15) is 4.79 Å². The van der Waals surface area contributed by atoms with Gasteiger partial charge in [0, 0.05) is 12.5 Å². The van der Waals surface area contributed by atoms with Crippen molar-refractivity contribution in [3.63, 3.8) is 0 Å². The quantitative estimate of drug-likeness (QED) is 0.0654. The van der Waals surface area contributed by atoms with Gasteiger partial charge in [-0.2, -0.15) is 0 Å². The molecular formula is C48H98N2O. The summed E-state index contributed by atoms with van der Waals surface area (Å²) in [6, 6.07) is 0.346. The van der Waals surface area contributed by atoms with Crippen LogP contribution in [0, 0.1) is 47.3 Å². The Morgan fingerprint density at radius 3 is 0.980 bits per heavy atom. The number of nitrogens with one attached hydrogen (secondary N) is 1. The molecule has 0 aromatic heterocycles. The second-order valence-electron chi connectivity index (χ2n) is 19.7. The maximum atomic E-state index is 13.0. The summed E-state index contributed by atoms with van der Waals surface area (Å²) >= 11 is 0. The third-order valence-electron chi connectivity index (χ3n) is 12.2. The Kier molecular flexibility index (Phi) is 32.5. The summed E-state index contributed by atoms with van der Waals surface area (Å²) in [7, 11) is 4.24. The van der Waals surface area contributed by atoms with Crippen molar-refractivity contribution < 1.29 is 4.79 Å². The van der Waals surface area contributed by atoms with Crippen LogP contribution in [-0.4, -0.2) is 37.5 Å². The molecule has 1 N–H and O–H groups in total. The summed E-state index contributed by atoms with van der Waals surface area (Å²) in [6.07, 6.45) is 32.6. The number of carbonyl (C=O) groups is 1. The van der Waals surface area contributed by atoms with Gasteiger partial charge in [-0.15, -0.1) is 0 Å². The largest absolute Gasteiger partial charge is 0.353 e. The first-order valence-corrected chi connectivity index (χ1v) is 23.1. The molecule has 6 atom stereocenters. The van der Waals surface area contributed by atoms with Crippen molar-refractivity contribution in [2.45, 2.75) is 236 Å². The minimum atomic E-state index is 0.283. The Bertz CT molecular complexity index is 714. The first-order valence-electron chi connectivity index (χ1n) is 23.1. The summed E-state index contributed by atoms with van der Waals surface area (Å²) in [4.78, 5) is 15.2. The molecule has 6 unspecified atom stereocenters. The second-order valence-corrected chi connectivity index (χ2v) is 19.7. The van der Waals surface area contributed by atoms with Crippen LogP contribution >= 0.6 is 0 Å². The molecule has 0 radical (unpaired) electrons. The molecular weight excluding hydrogens is 621 g/mol. The average molecular weight is 719 g/mol. The van der Waals surface area contributed by atoms with E-state index in [4.69, 9.17) is 0 Å². The molecule has 3 heteroatoms. The Labute approximate surface area is 323 Å². The molecule has 0 heterocycles. The Balaban J connectivity index is 4.51. The second kappa shape index (κ2) is 32.8. The van der Waals surface area contributed by atoms with Gasteiger partial charge in [0.25, 0.3) is 0 Å². The van der Waals surface area contributed by atoms with Crippen LogP contribution < -0.4 is 5.32 Å². The van der Waals surface area contributed by atoms with E-state index in [0.717, 1.165) is 79.6 Å². The third kappa shape index (κ3) is 34.9. The van der Waals surface area contributed by atoms with Gasteiger partial charge in [-0.25, -0.2) is 0 Å². The minimum absolute atomic E-state index is 0.283. The molecule has 1 amide bonds. The van der Waals surface area contributed by atoms with Crippen LogP contribution in [0.2, 0.25) is 0 Å². The molecule has 0 aliphatic rings. The summed E-state index contributed by atoms with van der Waals surface area (Å²) in [6.45, 7) is 25.3. The first kappa shape index (κ1) is 50.4. The molecule has 0 saturated carbocycles. The fraction of sp³-hybridized carbons (Fsp3) is 0.979. The van der Waals surface area contributed by atoms with E-state index in [0.29, 0.717) is 12.5 Å². The standard InChI is InChI=1S/C48H98N2O/c1-39(2)21-15-23-41(5)25-17-27-43(7)29-19-31-45(9)34-36-47(49-48(51)33-13-14-38-50(11)12)37-35-46(10)32-20-30-44(8)28-18-26-42(6)24-16-22-40(3)4/h39-47H,13-38H2,1-12H3,(H,49,51). The van der Waals surface area contributed by atoms with Gasteiger partial charge in [0.1, 0.15) is 0 Å². The number of rotatable bonds is 36. The van der Waals surface area contributed by atoms with Gasteiger partial charge in [0.2, 0.25) is 5.91 Å². The molecule has 0 aromatic rings. The number of hydrogen-bond acceptors (Lipinski definition) is 2. The summed E-state index contributed by atoms with van der Waals surface area (Å²) in [5.41, 5.74) is 0.